The third-order valence-corrected chi connectivity index (χ3v) is 5.93. The molecule has 0 heterocycles. The van der Waals surface area contributed by atoms with Crippen molar-refractivity contribution in [1.29, 1.82) is 0 Å². The van der Waals surface area contributed by atoms with E-state index in [0.29, 0.717) is 27.8 Å². The molecule has 0 bridgehead atoms. The lowest BCUT2D eigenvalue weighted by Gasteiger charge is -2.33. The second-order valence-electron chi connectivity index (χ2n) is 9.19. The summed E-state index contributed by atoms with van der Waals surface area (Å²) in [5.74, 6) is 0.0802. The van der Waals surface area contributed by atoms with Gasteiger partial charge < -0.3 is 15.0 Å². The first-order valence-electron chi connectivity index (χ1n) is 11.2. The molecule has 34 heavy (non-hydrogen) atoms. The number of hydrogen-bond donors (Lipinski definition) is 1. The Balaban J connectivity index is 1.87. The molecule has 2 amide bonds. The van der Waals surface area contributed by atoms with Crippen LogP contribution in [-0.4, -0.2) is 34.9 Å². The first-order valence-corrected chi connectivity index (χ1v) is 12.0. The number of halogens is 2. The molecule has 3 rings (SSSR count). The zero-order valence-corrected chi connectivity index (χ0v) is 21.4. The molecule has 0 aliphatic heterocycles. The quantitative estimate of drug-likeness (QED) is 0.397. The zero-order valence-electron chi connectivity index (χ0n) is 19.9. The molecule has 5 nitrogen and oxygen atoms in total. The van der Waals surface area contributed by atoms with Crippen molar-refractivity contribution >= 4 is 45.8 Å². The van der Waals surface area contributed by atoms with E-state index in [4.69, 9.17) is 27.9 Å². The zero-order chi connectivity index (χ0) is 24.9. The normalized spacial score (nSPS) is 12.3. The molecule has 3 aromatic rings. The van der Waals surface area contributed by atoms with Crippen LogP contribution >= 0.6 is 23.2 Å². The van der Waals surface area contributed by atoms with Crippen molar-refractivity contribution < 1.29 is 14.3 Å². The Morgan fingerprint density at radius 1 is 1.03 bits per heavy atom. The molecule has 0 saturated carbocycles. The minimum atomic E-state index is -0.686. The maximum absolute atomic E-state index is 13.5. The molecule has 180 valence electrons. The van der Waals surface area contributed by atoms with E-state index in [1.165, 1.54) is 4.90 Å². The molecule has 0 aromatic heterocycles. The summed E-state index contributed by atoms with van der Waals surface area (Å²) in [6.07, 6.45) is 0.438. The highest BCUT2D eigenvalue weighted by Gasteiger charge is 2.31. The molecule has 0 radical (unpaired) electrons. The molecule has 0 aliphatic rings. The summed E-state index contributed by atoms with van der Waals surface area (Å²) in [4.78, 5) is 28.1. The third-order valence-electron chi connectivity index (χ3n) is 5.34. The van der Waals surface area contributed by atoms with E-state index >= 15 is 0 Å². The van der Waals surface area contributed by atoms with Gasteiger partial charge in [-0.1, -0.05) is 72.6 Å². The van der Waals surface area contributed by atoms with Crippen LogP contribution in [0.2, 0.25) is 10.0 Å². The molecule has 3 aromatic carbocycles. The Bertz CT molecular complexity index is 1170. The van der Waals surface area contributed by atoms with Crippen LogP contribution in [0.25, 0.3) is 10.8 Å². The van der Waals surface area contributed by atoms with Crippen LogP contribution in [0.1, 0.15) is 39.7 Å². The first-order chi connectivity index (χ1) is 16.1. The molecule has 0 spiro atoms. The number of fused-ring (bicyclic) bond motifs is 1. The van der Waals surface area contributed by atoms with Gasteiger partial charge in [-0.3, -0.25) is 9.59 Å². The average molecular weight is 501 g/mol. The Morgan fingerprint density at radius 3 is 2.41 bits per heavy atom. The van der Waals surface area contributed by atoms with E-state index in [1.807, 2.05) is 70.2 Å². The number of hydrogen-bond acceptors (Lipinski definition) is 3. The van der Waals surface area contributed by atoms with Crippen LogP contribution in [0.3, 0.4) is 0 Å². The SMILES string of the molecule is CCC(C(=O)NC(C)(C)C)N(Cc1ccc(Cl)cc1Cl)C(=O)COc1cccc2ccccc12. The van der Waals surface area contributed by atoms with Gasteiger partial charge in [0, 0.05) is 27.5 Å². The minimum Gasteiger partial charge on any atom is -0.483 e. The molecular weight excluding hydrogens is 471 g/mol. The molecule has 0 aliphatic carbocycles. The number of nitrogens with one attached hydrogen (secondary N) is 1. The number of ether oxygens (including phenoxy) is 1. The van der Waals surface area contributed by atoms with E-state index in [-0.39, 0.29) is 25.0 Å². The lowest BCUT2D eigenvalue weighted by Crippen LogP contribution is -2.54. The van der Waals surface area contributed by atoms with E-state index < -0.39 is 11.6 Å². The van der Waals surface area contributed by atoms with Crippen molar-refractivity contribution in [3.8, 4) is 5.75 Å². The van der Waals surface area contributed by atoms with Gasteiger partial charge in [-0.2, -0.15) is 0 Å². The van der Waals surface area contributed by atoms with Gasteiger partial charge in [-0.25, -0.2) is 0 Å². The van der Waals surface area contributed by atoms with Crippen molar-refractivity contribution in [2.75, 3.05) is 6.61 Å². The highest BCUT2D eigenvalue weighted by molar-refractivity contribution is 6.35. The van der Waals surface area contributed by atoms with Gasteiger partial charge in [0.15, 0.2) is 6.61 Å². The molecule has 7 heteroatoms. The summed E-state index contributed by atoms with van der Waals surface area (Å²) in [6.45, 7) is 7.54. The monoisotopic (exact) mass is 500 g/mol. The van der Waals surface area contributed by atoms with Gasteiger partial charge >= 0.3 is 0 Å². The summed E-state index contributed by atoms with van der Waals surface area (Å²) < 4.78 is 5.95. The average Bonchev–Trinajstić information content (AvgIpc) is 2.77. The van der Waals surface area contributed by atoms with Crippen molar-refractivity contribution in [3.63, 3.8) is 0 Å². The van der Waals surface area contributed by atoms with Gasteiger partial charge in [0.25, 0.3) is 5.91 Å². The topological polar surface area (TPSA) is 58.6 Å². The molecule has 1 unspecified atom stereocenters. The smallest absolute Gasteiger partial charge is 0.261 e. The van der Waals surface area contributed by atoms with Crippen LogP contribution in [0, 0.1) is 0 Å². The first kappa shape index (κ1) is 25.9. The van der Waals surface area contributed by atoms with E-state index in [1.54, 1.807) is 18.2 Å². The molecule has 0 saturated heterocycles. The van der Waals surface area contributed by atoms with Gasteiger partial charge in [0.2, 0.25) is 5.91 Å². The predicted octanol–water partition coefficient (Wildman–Crippen LogP) is 6.25. The van der Waals surface area contributed by atoms with Crippen molar-refractivity contribution in [2.24, 2.45) is 0 Å². The lowest BCUT2D eigenvalue weighted by atomic mass is 10.1. The second-order valence-corrected chi connectivity index (χ2v) is 10.0. The van der Waals surface area contributed by atoms with Crippen LogP contribution in [0.4, 0.5) is 0 Å². The summed E-state index contributed by atoms with van der Waals surface area (Å²) in [7, 11) is 0. The number of nitrogens with zero attached hydrogens (tertiary/aromatic N) is 1. The van der Waals surface area contributed by atoms with E-state index in [2.05, 4.69) is 5.32 Å². The number of rotatable bonds is 8. The van der Waals surface area contributed by atoms with Crippen LogP contribution in [-0.2, 0) is 16.1 Å². The van der Waals surface area contributed by atoms with Crippen molar-refractivity contribution in [1.82, 2.24) is 10.2 Å². The fourth-order valence-electron chi connectivity index (χ4n) is 3.75. The number of amides is 2. The Hall–Kier alpha value is -2.76. The fourth-order valence-corrected chi connectivity index (χ4v) is 4.22. The number of carbonyl (C=O) groups excluding carboxylic acids is 2. The van der Waals surface area contributed by atoms with Gasteiger partial charge in [0.05, 0.1) is 0 Å². The summed E-state index contributed by atoms with van der Waals surface area (Å²) in [5, 5.41) is 5.87. The van der Waals surface area contributed by atoms with Crippen LogP contribution in [0.5, 0.6) is 5.75 Å². The minimum absolute atomic E-state index is 0.157. The lowest BCUT2D eigenvalue weighted by molar-refractivity contribution is -0.143. The molecule has 1 atom stereocenters. The largest absolute Gasteiger partial charge is 0.483 e. The van der Waals surface area contributed by atoms with Gasteiger partial charge in [-0.15, -0.1) is 0 Å². The molecular formula is C27H30Cl2N2O3. The Morgan fingerprint density at radius 2 is 1.74 bits per heavy atom. The van der Waals surface area contributed by atoms with E-state index in [0.717, 1.165) is 10.8 Å². The number of benzene rings is 3. The van der Waals surface area contributed by atoms with Crippen molar-refractivity contribution in [2.45, 2.75) is 52.2 Å². The Labute approximate surface area is 211 Å². The standard InChI is InChI=1S/C27H30Cl2N2O3/c1-5-23(26(33)30-27(2,3)4)31(16-19-13-14-20(28)15-22(19)29)25(32)17-34-24-12-8-10-18-9-6-7-11-21(18)24/h6-15,23H,5,16-17H2,1-4H3,(H,30,33). The number of carbonyl (C=O) groups is 2. The fraction of sp³-hybridized carbons (Fsp3) is 0.333. The summed E-state index contributed by atoms with van der Waals surface area (Å²) >= 11 is 12.4. The van der Waals surface area contributed by atoms with Gasteiger partial charge in [0.1, 0.15) is 11.8 Å². The van der Waals surface area contributed by atoms with Crippen molar-refractivity contribution in [3.05, 3.63) is 76.3 Å². The summed E-state index contributed by atoms with van der Waals surface area (Å²) in [5.41, 5.74) is 0.267. The van der Waals surface area contributed by atoms with E-state index in [9.17, 15) is 9.59 Å². The highest BCUT2D eigenvalue weighted by atomic mass is 35.5. The predicted molar refractivity (Wildman–Crippen MR) is 138 cm³/mol. The Kier molecular flexibility index (Phi) is 8.45. The summed E-state index contributed by atoms with van der Waals surface area (Å²) in [6, 6.07) is 18.0. The maximum atomic E-state index is 13.5. The van der Waals surface area contributed by atoms with Crippen LogP contribution < -0.4 is 10.1 Å². The third kappa shape index (κ3) is 6.64. The maximum Gasteiger partial charge on any atom is 0.261 e. The molecule has 1 N–H and O–H groups in total. The van der Waals surface area contributed by atoms with Gasteiger partial charge in [-0.05, 0) is 56.3 Å². The second kappa shape index (κ2) is 11.1. The highest BCUT2D eigenvalue weighted by Crippen LogP contribution is 2.26. The van der Waals surface area contributed by atoms with Crippen LogP contribution in [0.15, 0.2) is 60.7 Å². The molecule has 0 fully saturated rings.